The van der Waals surface area contributed by atoms with Crippen LogP contribution in [0.2, 0.25) is 0 Å². The molecule has 1 aliphatic heterocycles. The van der Waals surface area contributed by atoms with Crippen LogP contribution in [-0.4, -0.2) is 36.1 Å². The fourth-order valence-corrected chi connectivity index (χ4v) is 3.94. The Labute approximate surface area is 157 Å². The molecule has 1 saturated heterocycles. The molecule has 1 aliphatic carbocycles. The number of morpholine rings is 1. The summed E-state index contributed by atoms with van der Waals surface area (Å²) in [5.41, 5.74) is 6.37. The predicted octanol–water partition coefficient (Wildman–Crippen LogP) is 3.85. The lowest BCUT2D eigenvalue weighted by molar-refractivity contribution is -0.0994. The number of ether oxygens (including phenoxy) is 1. The van der Waals surface area contributed by atoms with E-state index in [1.54, 1.807) is 0 Å². The summed E-state index contributed by atoms with van der Waals surface area (Å²) in [4.78, 5) is 14.1. The number of hydrogen-bond donors (Lipinski definition) is 1. The van der Waals surface area contributed by atoms with Crippen molar-refractivity contribution in [2.24, 2.45) is 11.7 Å². The average Bonchev–Trinajstić information content (AvgIpc) is 3.32. The number of carbonyl (C=O) groups excluding carboxylic acids is 1. The molecule has 1 amide bonds. The highest BCUT2D eigenvalue weighted by Crippen LogP contribution is 2.38. The van der Waals surface area contributed by atoms with Crippen molar-refractivity contribution in [3.05, 3.63) is 23.2 Å². The number of furan rings is 1. The third-order valence-corrected chi connectivity index (χ3v) is 5.42. The highest BCUT2D eigenvalue weighted by Gasteiger charge is 2.38. The zero-order valence-electron chi connectivity index (χ0n) is 16.7. The van der Waals surface area contributed by atoms with Gasteiger partial charge < -0.3 is 14.9 Å². The van der Waals surface area contributed by atoms with Gasteiger partial charge in [0, 0.05) is 30.6 Å². The van der Waals surface area contributed by atoms with Gasteiger partial charge in [-0.3, -0.25) is 9.69 Å². The van der Waals surface area contributed by atoms with Gasteiger partial charge in [-0.2, -0.15) is 0 Å². The molecular weight excluding hydrogens is 328 g/mol. The summed E-state index contributed by atoms with van der Waals surface area (Å²) in [7, 11) is 0. The van der Waals surface area contributed by atoms with Crippen LogP contribution in [0.1, 0.15) is 81.7 Å². The van der Waals surface area contributed by atoms with Crippen molar-refractivity contribution in [3.8, 4) is 0 Å². The van der Waals surface area contributed by atoms with E-state index in [2.05, 4.69) is 32.6 Å². The second kappa shape index (κ2) is 7.73. The number of rotatable bonds is 7. The van der Waals surface area contributed by atoms with Crippen LogP contribution >= 0.6 is 0 Å². The summed E-state index contributed by atoms with van der Waals surface area (Å²) >= 11 is 0. The molecule has 0 aromatic carbocycles. The van der Waals surface area contributed by atoms with Crippen molar-refractivity contribution in [2.75, 3.05) is 13.1 Å². The number of carbonyl (C=O) groups is 1. The smallest absolute Gasteiger partial charge is 0.284 e. The second-order valence-corrected chi connectivity index (χ2v) is 9.05. The van der Waals surface area contributed by atoms with E-state index in [1.807, 2.05) is 6.07 Å². The molecule has 2 heterocycles. The Balaban J connectivity index is 1.76. The van der Waals surface area contributed by atoms with E-state index in [4.69, 9.17) is 14.9 Å². The third-order valence-electron chi connectivity index (χ3n) is 5.42. The van der Waals surface area contributed by atoms with Crippen LogP contribution in [0.25, 0.3) is 0 Å². The molecule has 26 heavy (non-hydrogen) atoms. The number of unbranched alkanes of at least 4 members (excludes halogenated alkanes) is 1. The fraction of sp³-hybridized carbons (Fsp3) is 0.762. The van der Waals surface area contributed by atoms with Gasteiger partial charge in [0.25, 0.3) is 5.91 Å². The molecule has 0 unspecified atom stereocenters. The summed E-state index contributed by atoms with van der Waals surface area (Å²) in [6, 6.07) is 1.84. The number of primary amides is 1. The molecule has 2 aliphatic rings. The quantitative estimate of drug-likeness (QED) is 0.800. The first-order valence-corrected chi connectivity index (χ1v) is 10.1. The van der Waals surface area contributed by atoms with Crippen LogP contribution in [0.15, 0.2) is 10.5 Å². The number of nitrogens with two attached hydrogens (primary N) is 1. The monoisotopic (exact) mass is 362 g/mol. The Morgan fingerprint density at radius 3 is 2.62 bits per heavy atom. The van der Waals surface area contributed by atoms with E-state index in [9.17, 15) is 4.79 Å². The van der Waals surface area contributed by atoms with Gasteiger partial charge in [0.05, 0.1) is 12.2 Å². The molecule has 2 N–H and O–H groups in total. The standard InChI is InChI=1S/C21H34N2O3/c1-5-6-7-16-12-23(13-18(25-16)14-8-9-14)11-15-10-17(20(22)24)26-19(15)21(2,3)4/h10,14,16,18H,5-9,11-13H2,1-4H3,(H2,22,24)/t16-,18-/m1/s1. The Morgan fingerprint density at radius 1 is 1.31 bits per heavy atom. The highest BCUT2D eigenvalue weighted by atomic mass is 16.5. The number of amides is 1. The first-order chi connectivity index (χ1) is 12.3. The Hall–Kier alpha value is -1.33. The summed E-state index contributed by atoms with van der Waals surface area (Å²) in [5, 5.41) is 0. The molecule has 0 spiro atoms. The van der Waals surface area contributed by atoms with Crippen LogP contribution < -0.4 is 5.73 Å². The first kappa shape index (κ1) is 19.4. The molecule has 2 atom stereocenters. The van der Waals surface area contributed by atoms with E-state index in [1.165, 1.54) is 25.7 Å². The maximum absolute atomic E-state index is 11.6. The molecule has 1 saturated carbocycles. The van der Waals surface area contributed by atoms with Gasteiger partial charge in [-0.25, -0.2) is 0 Å². The zero-order valence-corrected chi connectivity index (χ0v) is 16.7. The lowest BCUT2D eigenvalue weighted by atomic mass is 9.90. The van der Waals surface area contributed by atoms with Gasteiger partial charge in [0.1, 0.15) is 5.76 Å². The lowest BCUT2D eigenvalue weighted by Crippen LogP contribution is -2.48. The number of nitrogens with zero attached hydrogens (tertiary/aromatic N) is 1. The normalized spacial score (nSPS) is 24.8. The maximum atomic E-state index is 11.6. The van der Waals surface area contributed by atoms with Gasteiger partial charge in [0.2, 0.25) is 0 Å². The third kappa shape index (κ3) is 4.68. The van der Waals surface area contributed by atoms with E-state index in [-0.39, 0.29) is 11.2 Å². The molecule has 3 rings (SSSR count). The molecule has 5 heteroatoms. The van der Waals surface area contributed by atoms with Gasteiger partial charge >= 0.3 is 0 Å². The van der Waals surface area contributed by atoms with Crippen molar-refractivity contribution in [1.82, 2.24) is 4.90 Å². The zero-order chi connectivity index (χ0) is 18.9. The molecule has 0 radical (unpaired) electrons. The minimum absolute atomic E-state index is 0.160. The highest BCUT2D eigenvalue weighted by molar-refractivity contribution is 5.90. The Bertz CT molecular complexity index is 628. The van der Waals surface area contributed by atoms with Crippen LogP contribution in [0.4, 0.5) is 0 Å². The molecule has 5 nitrogen and oxygen atoms in total. The van der Waals surface area contributed by atoms with E-state index in [0.29, 0.717) is 12.2 Å². The van der Waals surface area contributed by atoms with Crippen molar-refractivity contribution in [2.45, 2.75) is 84.0 Å². The fourth-order valence-electron chi connectivity index (χ4n) is 3.94. The second-order valence-electron chi connectivity index (χ2n) is 9.05. The summed E-state index contributed by atoms with van der Waals surface area (Å²) in [6.07, 6.45) is 6.79. The van der Waals surface area contributed by atoms with Gasteiger partial charge in [-0.15, -0.1) is 0 Å². The van der Waals surface area contributed by atoms with Crippen molar-refractivity contribution in [3.63, 3.8) is 0 Å². The Morgan fingerprint density at radius 2 is 2.04 bits per heavy atom. The Kier molecular flexibility index (Phi) is 5.78. The van der Waals surface area contributed by atoms with Gasteiger partial charge in [-0.1, -0.05) is 40.5 Å². The van der Waals surface area contributed by atoms with Crippen LogP contribution in [0, 0.1) is 5.92 Å². The molecule has 2 fully saturated rings. The molecular formula is C21H34N2O3. The van der Waals surface area contributed by atoms with Crippen molar-refractivity contribution in [1.29, 1.82) is 0 Å². The summed E-state index contributed by atoms with van der Waals surface area (Å²) in [5.74, 6) is 1.36. The minimum atomic E-state index is -0.500. The van der Waals surface area contributed by atoms with Crippen LogP contribution in [0.5, 0.6) is 0 Å². The molecule has 1 aromatic rings. The van der Waals surface area contributed by atoms with Crippen LogP contribution in [0.3, 0.4) is 0 Å². The summed E-state index contributed by atoms with van der Waals surface area (Å²) < 4.78 is 12.2. The predicted molar refractivity (Wildman–Crippen MR) is 102 cm³/mol. The van der Waals surface area contributed by atoms with E-state index < -0.39 is 5.91 Å². The molecule has 0 bridgehead atoms. The lowest BCUT2D eigenvalue weighted by Gasteiger charge is -2.38. The maximum Gasteiger partial charge on any atom is 0.284 e. The molecule has 1 aromatic heterocycles. The van der Waals surface area contributed by atoms with E-state index in [0.717, 1.165) is 43.3 Å². The van der Waals surface area contributed by atoms with Crippen molar-refractivity contribution < 1.29 is 13.9 Å². The van der Waals surface area contributed by atoms with Crippen molar-refractivity contribution >= 4 is 5.91 Å². The largest absolute Gasteiger partial charge is 0.455 e. The topological polar surface area (TPSA) is 68.7 Å². The minimum Gasteiger partial charge on any atom is -0.455 e. The van der Waals surface area contributed by atoms with Gasteiger partial charge in [-0.05, 0) is 31.2 Å². The first-order valence-electron chi connectivity index (χ1n) is 10.1. The summed E-state index contributed by atoms with van der Waals surface area (Å²) in [6.45, 7) is 11.3. The van der Waals surface area contributed by atoms with Gasteiger partial charge in [0.15, 0.2) is 5.76 Å². The molecule has 146 valence electrons. The average molecular weight is 363 g/mol. The number of hydrogen-bond acceptors (Lipinski definition) is 4. The van der Waals surface area contributed by atoms with Crippen LogP contribution in [-0.2, 0) is 16.7 Å². The van der Waals surface area contributed by atoms with E-state index >= 15 is 0 Å². The SMILES string of the molecule is CCCC[C@@H]1CN(Cc2cc(C(N)=O)oc2C(C)(C)C)C[C@H](C2CC2)O1.